The van der Waals surface area contributed by atoms with Gasteiger partial charge in [0.2, 0.25) is 5.78 Å². The van der Waals surface area contributed by atoms with E-state index < -0.39 is 51.9 Å². The van der Waals surface area contributed by atoms with Crippen molar-refractivity contribution in [2.75, 3.05) is 13.7 Å². The highest BCUT2D eigenvalue weighted by atomic mass is 35.5. The maximum absolute atomic E-state index is 13.2. The highest BCUT2D eigenvalue weighted by Gasteiger charge is 2.76. The minimum Gasteiger partial charge on any atom is -0.438 e. The molecule has 176 valence electrons. The molecule has 0 aliphatic heterocycles. The van der Waals surface area contributed by atoms with Crippen molar-refractivity contribution in [3.05, 3.63) is 23.8 Å². The maximum atomic E-state index is 13.2. The molecular formula is C24H31ClO7. The first-order valence-corrected chi connectivity index (χ1v) is 11.5. The van der Waals surface area contributed by atoms with E-state index in [1.165, 1.54) is 13.2 Å². The van der Waals surface area contributed by atoms with E-state index in [-0.39, 0.29) is 24.0 Å². The van der Waals surface area contributed by atoms with Gasteiger partial charge in [-0.15, -0.1) is 11.6 Å². The van der Waals surface area contributed by atoms with Gasteiger partial charge in [0.25, 0.3) is 0 Å². The molecule has 3 fully saturated rings. The maximum Gasteiger partial charge on any atom is 0.509 e. The summed E-state index contributed by atoms with van der Waals surface area (Å²) in [6.07, 6.45) is 4.84. The van der Waals surface area contributed by atoms with Crippen molar-refractivity contribution >= 4 is 29.3 Å². The fraction of sp³-hybridized carbons (Fsp3) is 0.708. The number of carbonyl (C=O) groups is 3. The van der Waals surface area contributed by atoms with Gasteiger partial charge >= 0.3 is 6.16 Å². The number of allylic oxidation sites excluding steroid dienone is 4. The number of hydrogen-bond acceptors (Lipinski definition) is 7. The Hall–Kier alpha value is -1.70. The minimum absolute atomic E-state index is 0.0835. The summed E-state index contributed by atoms with van der Waals surface area (Å²) < 4.78 is 10.4. The Kier molecular flexibility index (Phi) is 5.43. The number of halogens is 1. The Morgan fingerprint density at radius 3 is 2.59 bits per heavy atom. The van der Waals surface area contributed by atoms with Crippen molar-refractivity contribution in [1.82, 2.24) is 0 Å². The molecule has 4 rings (SSSR count). The van der Waals surface area contributed by atoms with Crippen LogP contribution in [0, 0.1) is 28.6 Å². The Balaban J connectivity index is 1.85. The van der Waals surface area contributed by atoms with Gasteiger partial charge in [0.05, 0.1) is 18.1 Å². The van der Waals surface area contributed by atoms with Gasteiger partial charge in [-0.25, -0.2) is 4.79 Å². The van der Waals surface area contributed by atoms with Crippen LogP contribution in [-0.2, 0) is 19.1 Å². The third-order valence-electron chi connectivity index (χ3n) is 9.15. The zero-order chi connectivity index (χ0) is 23.7. The molecule has 32 heavy (non-hydrogen) atoms. The molecule has 0 spiro atoms. The van der Waals surface area contributed by atoms with Gasteiger partial charge in [0.15, 0.2) is 11.4 Å². The predicted octanol–water partition coefficient (Wildman–Crippen LogP) is 2.96. The van der Waals surface area contributed by atoms with Crippen LogP contribution in [0.15, 0.2) is 23.8 Å². The number of aliphatic hydroxyl groups is 2. The highest BCUT2D eigenvalue weighted by Crippen LogP contribution is 2.72. The molecule has 1 unspecified atom stereocenters. The molecule has 8 heteroatoms. The molecule has 4 aliphatic rings. The van der Waals surface area contributed by atoms with Crippen LogP contribution in [-0.4, -0.2) is 58.2 Å². The zero-order valence-electron chi connectivity index (χ0n) is 18.9. The molecule has 7 nitrogen and oxygen atoms in total. The Bertz CT molecular complexity index is 927. The molecular weight excluding hydrogens is 436 g/mol. The van der Waals surface area contributed by atoms with Gasteiger partial charge in [-0.2, -0.15) is 0 Å². The van der Waals surface area contributed by atoms with E-state index in [4.69, 9.17) is 21.1 Å². The third kappa shape index (κ3) is 2.64. The summed E-state index contributed by atoms with van der Waals surface area (Å²) in [4.78, 5) is 36.3. The lowest BCUT2D eigenvalue weighted by atomic mass is 9.45. The topological polar surface area (TPSA) is 110 Å². The Morgan fingerprint density at radius 2 is 1.97 bits per heavy atom. The standard InChI is InChI=1S/C24H31ClO7/c1-13-9-17-16-6-5-14-10-15(27)7-8-21(14,2)23(16,25)18(28)11-22(17,3)24(13,19(29)12-26)32-20(30)31-4/h7-8,10,13,16-18,26,28H,5-6,9,11-12H2,1-4H3/t13-,16+,17+,18?,21+,22+,23+,24+/m1/s1. The summed E-state index contributed by atoms with van der Waals surface area (Å²) in [5.41, 5.74) is -2.39. The van der Waals surface area contributed by atoms with Gasteiger partial charge in [0.1, 0.15) is 6.61 Å². The average molecular weight is 467 g/mol. The molecule has 4 aliphatic carbocycles. The molecule has 0 radical (unpaired) electrons. The molecule has 0 saturated heterocycles. The third-order valence-corrected chi connectivity index (χ3v) is 10.1. The number of ether oxygens (including phenoxy) is 2. The van der Waals surface area contributed by atoms with Crippen LogP contribution in [0.4, 0.5) is 4.79 Å². The van der Waals surface area contributed by atoms with Crippen LogP contribution < -0.4 is 0 Å². The van der Waals surface area contributed by atoms with Crippen LogP contribution in [0.25, 0.3) is 0 Å². The van der Waals surface area contributed by atoms with Crippen molar-refractivity contribution < 1.29 is 34.1 Å². The van der Waals surface area contributed by atoms with Crippen LogP contribution >= 0.6 is 11.6 Å². The fourth-order valence-electron chi connectivity index (χ4n) is 7.69. The van der Waals surface area contributed by atoms with E-state index >= 15 is 0 Å². The summed E-state index contributed by atoms with van der Waals surface area (Å²) in [5, 5.41) is 21.4. The SMILES string of the molecule is COC(=O)O[C@]1(C(=O)CO)[C@H](C)C[C@H]2[C@@H]3CCC4=CC(=O)C=C[C@]4(C)[C@@]3(Cl)C(O)C[C@@]21C. The quantitative estimate of drug-likeness (QED) is 0.486. The molecule has 0 bridgehead atoms. The summed E-state index contributed by atoms with van der Waals surface area (Å²) >= 11 is 7.39. The molecule has 3 saturated carbocycles. The lowest BCUT2D eigenvalue weighted by molar-refractivity contribution is -0.184. The van der Waals surface area contributed by atoms with Gasteiger partial charge in [-0.05, 0) is 49.7 Å². The van der Waals surface area contributed by atoms with E-state index in [2.05, 4.69) is 0 Å². The van der Waals surface area contributed by atoms with E-state index in [0.29, 0.717) is 19.3 Å². The summed E-state index contributed by atoms with van der Waals surface area (Å²) in [5.74, 6) is -1.44. The number of alkyl halides is 1. The van der Waals surface area contributed by atoms with Crippen LogP contribution in [0.2, 0.25) is 0 Å². The summed E-state index contributed by atoms with van der Waals surface area (Å²) in [6, 6.07) is 0. The summed E-state index contributed by atoms with van der Waals surface area (Å²) in [7, 11) is 1.17. The van der Waals surface area contributed by atoms with E-state index in [0.717, 1.165) is 5.57 Å². The average Bonchev–Trinajstić information content (AvgIpc) is 2.96. The van der Waals surface area contributed by atoms with Gasteiger partial charge in [-0.3, -0.25) is 9.59 Å². The van der Waals surface area contributed by atoms with Crippen molar-refractivity contribution in [3.8, 4) is 0 Å². The van der Waals surface area contributed by atoms with Gasteiger partial charge < -0.3 is 19.7 Å². The number of methoxy groups -OCH3 is 1. The van der Waals surface area contributed by atoms with Crippen molar-refractivity contribution in [3.63, 3.8) is 0 Å². The first-order chi connectivity index (χ1) is 14.9. The predicted molar refractivity (Wildman–Crippen MR) is 116 cm³/mol. The lowest BCUT2D eigenvalue weighted by Crippen LogP contribution is -2.69. The smallest absolute Gasteiger partial charge is 0.438 e. The largest absolute Gasteiger partial charge is 0.509 e. The van der Waals surface area contributed by atoms with E-state index in [1.54, 1.807) is 6.08 Å². The first kappa shape index (κ1) is 23.5. The number of fused-ring (bicyclic) bond motifs is 5. The zero-order valence-corrected chi connectivity index (χ0v) is 19.6. The summed E-state index contributed by atoms with van der Waals surface area (Å²) in [6.45, 7) is 4.86. The number of rotatable bonds is 3. The number of ketones is 2. The first-order valence-electron chi connectivity index (χ1n) is 11.1. The molecule has 8 atom stereocenters. The van der Waals surface area contributed by atoms with E-state index in [9.17, 15) is 24.6 Å². The van der Waals surface area contributed by atoms with Gasteiger partial charge in [-0.1, -0.05) is 32.4 Å². The monoisotopic (exact) mass is 466 g/mol. The van der Waals surface area contributed by atoms with Crippen LogP contribution in [0.3, 0.4) is 0 Å². The normalized spacial score (nSPS) is 47.1. The number of aliphatic hydroxyl groups excluding tert-OH is 2. The van der Waals surface area contributed by atoms with Crippen molar-refractivity contribution in [1.29, 1.82) is 0 Å². The van der Waals surface area contributed by atoms with E-state index in [1.807, 2.05) is 26.8 Å². The molecule has 0 aromatic carbocycles. The number of carbonyl (C=O) groups excluding carboxylic acids is 3. The Labute approximate surface area is 192 Å². The molecule has 0 heterocycles. The Morgan fingerprint density at radius 1 is 1.28 bits per heavy atom. The van der Waals surface area contributed by atoms with Crippen LogP contribution in [0.1, 0.15) is 46.5 Å². The molecule has 0 amide bonds. The second-order valence-corrected chi connectivity index (χ2v) is 10.9. The molecule has 0 aromatic rings. The second kappa shape index (κ2) is 7.40. The number of Topliss-reactive ketones (excluding diaryl/α,β-unsaturated/α-hetero) is 1. The van der Waals surface area contributed by atoms with Gasteiger partial charge in [0, 0.05) is 16.7 Å². The highest BCUT2D eigenvalue weighted by molar-refractivity contribution is 6.26. The molecule has 2 N–H and O–H groups in total. The molecule has 0 aromatic heterocycles. The second-order valence-electron chi connectivity index (χ2n) is 10.3. The fourth-order valence-corrected chi connectivity index (χ4v) is 8.21. The van der Waals surface area contributed by atoms with Crippen molar-refractivity contribution in [2.45, 2.75) is 63.0 Å². The van der Waals surface area contributed by atoms with Crippen LogP contribution in [0.5, 0.6) is 0 Å². The van der Waals surface area contributed by atoms with Crippen molar-refractivity contribution in [2.24, 2.45) is 28.6 Å². The minimum atomic E-state index is -1.63. The lowest BCUT2D eigenvalue weighted by Gasteiger charge is -2.64. The number of hydrogen-bond donors (Lipinski definition) is 2.